The van der Waals surface area contributed by atoms with Crippen molar-refractivity contribution < 1.29 is 9.90 Å². The summed E-state index contributed by atoms with van der Waals surface area (Å²) in [7, 11) is 1.85. The quantitative estimate of drug-likeness (QED) is 0.504. The Morgan fingerprint density at radius 3 is 2.81 bits per heavy atom. The van der Waals surface area contributed by atoms with Gasteiger partial charge in [-0.15, -0.1) is 16.4 Å². The van der Waals surface area contributed by atoms with Crippen molar-refractivity contribution in [3.8, 4) is 11.3 Å². The first-order chi connectivity index (χ1) is 15.1. The highest BCUT2D eigenvalue weighted by Crippen LogP contribution is 2.27. The normalized spacial score (nSPS) is 18.5. The van der Waals surface area contributed by atoms with Gasteiger partial charge in [0.1, 0.15) is 11.4 Å². The first-order valence-corrected chi connectivity index (χ1v) is 11.3. The zero-order valence-corrected chi connectivity index (χ0v) is 18.0. The molecule has 158 valence electrons. The van der Waals surface area contributed by atoms with E-state index in [1.807, 2.05) is 42.9 Å². The number of amides is 1. The molecule has 5 rings (SSSR count). The lowest BCUT2D eigenvalue weighted by Gasteiger charge is -2.16. The van der Waals surface area contributed by atoms with Gasteiger partial charge in [0.2, 0.25) is 0 Å². The Balaban J connectivity index is 1.40. The van der Waals surface area contributed by atoms with Crippen LogP contribution in [0.5, 0.6) is 0 Å². The van der Waals surface area contributed by atoms with Crippen molar-refractivity contribution in [1.82, 2.24) is 25.3 Å². The lowest BCUT2D eigenvalue weighted by molar-refractivity contribution is 0.0868. The molecule has 0 saturated heterocycles. The molecular formula is C23H23N5O2S. The standard InChI is InChI=1S/C23H23N5O2S/c1-28-13-20(26-27-28)15-7-5-14(6-8-15)11-16-12-19(24-18-9-10-31-22(16)18)23(30)25-17-3-2-4-21(17)29/h5-10,12-13,17,21,29H,2-4,11H2,1H3,(H,25,30)/t17-,21-/m1/s1. The van der Waals surface area contributed by atoms with Gasteiger partial charge in [0.15, 0.2) is 0 Å². The average Bonchev–Trinajstić information content (AvgIpc) is 3.50. The largest absolute Gasteiger partial charge is 0.391 e. The van der Waals surface area contributed by atoms with E-state index in [1.54, 1.807) is 16.0 Å². The smallest absolute Gasteiger partial charge is 0.270 e. The van der Waals surface area contributed by atoms with E-state index < -0.39 is 6.10 Å². The van der Waals surface area contributed by atoms with Crippen molar-refractivity contribution in [2.45, 2.75) is 37.8 Å². The summed E-state index contributed by atoms with van der Waals surface area (Å²) >= 11 is 1.63. The van der Waals surface area contributed by atoms with Gasteiger partial charge in [-0.1, -0.05) is 29.5 Å². The molecule has 1 fully saturated rings. The van der Waals surface area contributed by atoms with Gasteiger partial charge in [-0.05, 0) is 54.3 Å². The minimum absolute atomic E-state index is 0.190. The molecule has 1 aromatic carbocycles. The molecule has 2 N–H and O–H groups in total. The third-order valence-electron chi connectivity index (χ3n) is 5.76. The maximum atomic E-state index is 12.8. The number of aryl methyl sites for hydroxylation is 1. The van der Waals surface area contributed by atoms with E-state index in [4.69, 9.17) is 0 Å². The molecule has 8 heteroatoms. The minimum Gasteiger partial charge on any atom is -0.391 e. The summed E-state index contributed by atoms with van der Waals surface area (Å²) in [5, 5.41) is 23.1. The fourth-order valence-corrected chi connectivity index (χ4v) is 4.97. The summed E-state index contributed by atoms with van der Waals surface area (Å²) < 4.78 is 2.78. The SMILES string of the molecule is Cn1cc(-c2ccc(Cc3cc(C(=O)N[C@@H]4CCC[C@H]4O)nc4ccsc34)cc2)nn1. The number of aliphatic hydroxyl groups is 1. The van der Waals surface area contributed by atoms with Gasteiger partial charge >= 0.3 is 0 Å². The van der Waals surface area contributed by atoms with Crippen molar-refractivity contribution in [2.24, 2.45) is 7.05 Å². The third kappa shape index (κ3) is 4.08. The first-order valence-electron chi connectivity index (χ1n) is 10.4. The Morgan fingerprint density at radius 1 is 1.26 bits per heavy atom. The van der Waals surface area contributed by atoms with Gasteiger partial charge in [-0.25, -0.2) is 4.98 Å². The first kappa shape index (κ1) is 19.8. The van der Waals surface area contributed by atoms with Gasteiger partial charge in [-0.3, -0.25) is 9.48 Å². The van der Waals surface area contributed by atoms with Crippen LogP contribution in [-0.2, 0) is 13.5 Å². The number of hydrogen-bond donors (Lipinski definition) is 2. The van der Waals surface area contributed by atoms with E-state index >= 15 is 0 Å². The van der Waals surface area contributed by atoms with Crippen molar-refractivity contribution in [1.29, 1.82) is 0 Å². The number of pyridine rings is 1. The van der Waals surface area contributed by atoms with E-state index in [0.717, 1.165) is 51.9 Å². The molecule has 0 unspecified atom stereocenters. The Bertz CT molecular complexity index is 1230. The zero-order valence-electron chi connectivity index (χ0n) is 17.2. The predicted molar refractivity (Wildman–Crippen MR) is 120 cm³/mol. The number of thiophene rings is 1. The second kappa shape index (κ2) is 8.20. The number of carbonyl (C=O) groups is 1. The van der Waals surface area contributed by atoms with Crippen molar-refractivity contribution in [3.05, 3.63) is 64.8 Å². The monoisotopic (exact) mass is 433 g/mol. The molecule has 1 saturated carbocycles. The second-order valence-electron chi connectivity index (χ2n) is 8.03. The van der Waals surface area contributed by atoms with Crippen LogP contribution < -0.4 is 5.32 Å². The molecule has 1 amide bonds. The summed E-state index contributed by atoms with van der Waals surface area (Å²) in [6.45, 7) is 0. The van der Waals surface area contributed by atoms with Crippen LogP contribution in [0.3, 0.4) is 0 Å². The molecule has 4 aromatic rings. The van der Waals surface area contributed by atoms with Crippen LogP contribution in [0.4, 0.5) is 0 Å². The van der Waals surface area contributed by atoms with Crippen LogP contribution in [0.25, 0.3) is 21.5 Å². The lowest BCUT2D eigenvalue weighted by atomic mass is 10.0. The third-order valence-corrected chi connectivity index (χ3v) is 6.74. The predicted octanol–water partition coefficient (Wildman–Crippen LogP) is 3.33. The summed E-state index contributed by atoms with van der Waals surface area (Å²) in [5.41, 5.74) is 5.30. The van der Waals surface area contributed by atoms with Crippen LogP contribution in [-0.4, -0.2) is 43.1 Å². The highest BCUT2D eigenvalue weighted by molar-refractivity contribution is 7.17. The lowest BCUT2D eigenvalue weighted by Crippen LogP contribution is -2.40. The van der Waals surface area contributed by atoms with Gasteiger partial charge in [-0.2, -0.15) is 0 Å². The number of rotatable bonds is 5. The molecule has 0 radical (unpaired) electrons. The molecular weight excluding hydrogens is 410 g/mol. The van der Waals surface area contributed by atoms with Crippen LogP contribution in [0.15, 0.2) is 48.0 Å². The highest BCUT2D eigenvalue weighted by atomic mass is 32.1. The van der Waals surface area contributed by atoms with Crippen LogP contribution in [0.2, 0.25) is 0 Å². The van der Waals surface area contributed by atoms with E-state index in [-0.39, 0.29) is 11.9 Å². The maximum Gasteiger partial charge on any atom is 0.270 e. The molecule has 0 spiro atoms. The molecule has 0 bridgehead atoms. The Kier molecular flexibility index (Phi) is 5.25. The van der Waals surface area contributed by atoms with Crippen LogP contribution >= 0.6 is 11.3 Å². The molecule has 1 aliphatic carbocycles. The molecule has 1 aliphatic rings. The Morgan fingerprint density at radius 2 is 2.10 bits per heavy atom. The molecule has 31 heavy (non-hydrogen) atoms. The maximum absolute atomic E-state index is 12.8. The zero-order chi connectivity index (χ0) is 21.4. The van der Waals surface area contributed by atoms with Gasteiger partial charge in [0.25, 0.3) is 5.91 Å². The van der Waals surface area contributed by atoms with Crippen molar-refractivity contribution in [2.75, 3.05) is 0 Å². The summed E-state index contributed by atoms with van der Waals surface area (Å²) in [6, 6.07) is 11.9. The topological polar surface area (TPSA) is 92.9 Å². The van der Waals surface area contributed by atoms with Crippen molar-refractivity contribution >= 4 is 27.5 Å². The van der Waals surface area contributed by atoms with E-state index in [1.165, 1.54) is 0 Å². The Labute approximate surface area is 183 Å². The number of nitrogens with one attached hydrogen (secondary N) is 1. The number of aromatic nitrogens is 4. The summed E-state index contributed by atoms with van der Waals surface area (Å²) in [4.78, 5) is 17.4. The summed E-state index contributed by atoms with van der Waals surface area (Å²) in [6.07, 6.45) is 4.59. The van der Waals surface area contributed by atoms with E-state index in [2.05, 4.69) is 32.7 Å². The highest BCUT2D eigenvalue weighted by Gasteiger charge is 2.27. The number of nitrogens with zero attached hydrogens (tertiary/aromatic N) is 4. The number of carbonyl (C=O) groups excluding carboxylic acids is 1. The Hall–Kier alpha value is -3.10. The van der Waals surface area contributed by atoms with Crippen LogP contribution in [0, 0.1) is 0 Å². The molecule has 0 aliphatic heterocycles. The number of benzene rings is 1. The molecule has 2 atom stereocenters. The van der Waals surface area contributed by atoms with Crippen molar-refractivity contribution in [3.63, 3.8) is 0 Å². The van der Waals surface area contributed by atoms with Gasteiger partial charge in [0, 0.05) is 12.6 Å². The number of hydrogen-bond acceptors (Lipinski definition) is 6. The molecule has 3 aromatic heterocycles. The molecule has 3 heterocycles. The molecule has 7 nitrogen and oxygen atoms in total. The minimum atomic E-state index is -0.471. The van der Waals surface area contributed by atoms with Gasteiger partial charge < -0.3 is 10.4 Å². The fraction of sp³-hybridized carbons (Fsp3) is 0.304. The number of fused-ring (bicyclic) bond motifs is 1. The second-order valence-corrected chi connectivity index (χ2v) is 8.95. The van der Waals surface area contributed by atoms with Crippen LogP contribution in [0.1, 0.15) is 40.9 Å². The van der Waals surface area contributed by atoms with E-state index in [9.17, 15) is 9.90 Å². The summed E-state index contributed by atoms with van der Waals surface area (Å²) in [5.74, 6) is -0.224. The fourth-order valence-electron chi connectivity index (χ4n) is 4.12. The number of aliphatic hydroxyl groups excluding tert-OH is 1. The van der Waals surface area contributed by atoms with E-state index in [0.29, 0.717) is 12.1 Å². The average molecular weight is 434 g/mol. The van der Waals surface area contributed by atoms with Gasteiger partial charge in [0.05, 0.1) is 28.6 Å².